The zero-order valence-corrected chi connectivity index (χ0v) is 16.2. The third-order valence-electron chi connectivity index (χ3n) is 4.84. The number of amides is 1. The Hall–Kier alpha value is -3.47. The van der Waals surface area contributed by atoms with Crippen LogP contribution in [0.3, 0.4) is 0 Å². The highest BCUT2D eigenvalue weighted by atomic mass is 16.2. The van der Waals surface area contributed by atoms with Crippen LogP contribution in [0.2, 0.25) is 0 Å². The first-order valence-corrected chi connectivity index (χ1v) is 9.27. The van der Waals surface area contributed by atoms with Gasteiger partial charge in [0, 0.05) is 17.3 Å². The van der Waals surface area contributed by atoms with Crippen molar-refractivity contribution in [1.29, 1.82) is 0 Å². The summed E-state index contributed by atoms with van der Waals surface area (Å²) in [4.78, 5) is 17.1. The average molecular weight is 370 g/mol. The molecule has 0 atom stereocenters. The molecule has 0 spiro atoms. The van der Waals surface area contributed by atoms with Crippen LogP contribution >= 0.6 is 0 Å². The molecular formula is C23H22N4O. The molecule has 2 aromatic heterocycles. The van der Waals surface area contributed by atoms with Crippen molar-refractivity contribution in [3.8, 4) is 11.1 Å². The molecule has 1 amide bonds. The molecule has 2 heterocycles. The fourth-order valence-corrected chi connectivity index (χ4v) is 3.53. The number of anilines is 1. The lowest BCUT2D eigenvalue weighted by atomic mass is 10.0. The predicted molar refractivity (Wildman–Crippen MR) is 112 cm³/mol. The van der Waals surface area contributed by atoms with E-state index in [1.165, 1.54) is 5.56 Å². The predicted octanol–water partition coefficient (Wildman–Crippen LogP) is 4.66. The van der Waals surface area contributed by atoms with Crippen LogP contribution < -0.4 is 5.32 Å². The smallest absolute Gasteiger partial charge is 0.246 e. The third-order valence-corrected chi connectivity index (χ3v) is 4.84. The van der Waals surface area contributed by atoms with Crippen molar-refractivity contribution in [2.75, 3.05) is 5.32 Å². The van der Waals surface area contributed by atoms with Crippen molar-refractivity contribution >= 4 is 22.6 Å². The number of nitrogens with zero attached hydrogens (tertiary/aromatic N) is 3. The number of pyridine rings is 1. The van der Waals surface area contributed by atoms with E-state index in [1.807, 2.05) is 57.2 Å². The number of carbonyl (C=O) groups excluding carboxylic acids is 1. The van der Waals surface area contributed by atoms with Gasteiger partial charge >= 0.3 is 0 Å². The Morgan fingerprint density at radius 2 is 1.82 bits per heavy atom. The molecule has 0 saturated carbocycles. The van der Waals surface area contributed by atoms with Gasteiger partial charge in [-0.2, -0.15) is 5.10 Å². The fourth-order valence-electron chi connectivity index (χ4n) is 3.53. The van der Waals surface area contributed by atoms with E-state index in [-0.39, 0.29) is 12.5 Å². The maximum Gasteiger partial charge on any atom is 0.246 e. The summed E-state index contributed by atoms with van der Waals surface area (Å²) in [5.74, 6) is -0.122. The molecule has 2 aromatic carbocycles. The largest absolute Gasteiger partial charge is 0.324 e. The van der Waals surface area contributed by atoms with Gasteiger partial charge in [-0.15, -0.1) is 0 Å². The van der Waals surface area contributed by atoms with E-state index in [0.717, 1.165) is 39.1 Å². The third kappa shape index (κ3) is 3.39. The topological polar surface area (TPSA) is 59.8 Å². The summed E-state index contributed by atoms with van der Waals surface area (Å²) < 4.78 is 1.68. The van der Waals surface area contributed by atoms with Crippen molar-refractivity contribution < 1.29 is 4.79 Å². The highest BCUT2D eigenvalue weighted by Crippen LogP contribution is 2.29. The molecule has 0 aliphatic heterocycles. The maximum atomic E-state index is 12.6. The second-order valence-corrected chi connectivity index (χ2v) is 7.03. The molecular weight excluding hydrogens is 348 g/mol. The van der Waals surface area contributed by atoms with Gasteiger partial charge in [0.25, 0.3) is 0 Å². The molecule has 4 rings (SSSR count). The van der Waals surface area contributed by atoms with Crippen LogP contribution in [0.4, 0.5) is 5.69 Å². The van der Waals surface area contributed by atoms with Crippen LogP contribution in [0.5, 0.6) is 0 Å². The zero-order chi connectivity index (χ0) is 19.7. The molecule has 0 radical (unpaired) electrons. The van der Waals surface area contributed by atoms with Crippen LogP contribution in [0.25, 0.3) is 22.2 Å². The summed E-state index contributed by atoms with van der Waals surface area (Å²) >= 11 is 0. The van der Waals surface area contributed by atoms with Gasteiger partial charge in [-0.05, 0) is 49.6 Å². The number of carbonyl (C=O) groups is 1. The number of fused-ring (bicyclic) bond motifs is 1. The van der Waals surface area contributed by atoms with Crippen LogP contribution in [0.15, 0.2) is 60.8 Å². The minimum atomic E-state index is -0.122. The van der Waals surface area contributed by atoms with Gasteiger partial charge in [0.05, 0.1) is 5.69 Å². The Morgan fingerprint density at radius 1 is 1.04 bits per heavy atom. The first-order chi connectivity index (χ1) is 13.5. The van der Waals surface area contributed by atoms with Gasteiger partial charge in [-0.25, -0.2) is 9.67 Å². The second-order valence-electron chi connectivity index (χ2n) is 7.03. The van der Waals surface area contributed by atoms with Gasteiger partial charge < -0.3 is 5.32 Å². The van der Waals surface area contributed by atoms with Crippen LogP contribution in [-0.4, -0.2) is 20.7 Å². The Kier molecular flexibility index (Phi) is 4.65. The van der Waals surface area contributed by atoms with E-state index in [2.05, 4.69) is 33.6 Å². The molecule has 1 N–H and O–H groups in total. The number of rotatable bonds is 4. The molecule has 4 aromatic rings. The van der Waals surface area contributed by atoms with Crippen molar-refractivity contribution in [1.82, 2.24) is 14.8 Å². The van der Waals surface area contributed by atoms with E-state index < -0.39 is 0 Å². The molecule has 0 saturated heterocycles. The first-order valence-electron chi connectivity index (χ1n) is 9.27. The maximum absolute atomic E-state index is 12.6. The highest BCUT2D eigenvalue weighted by molar-refractivity contribution is 5.96. The zero-order valence-electron chi connectivity index (χ0n) is 16.2. The summed E-state index contributed by atoms with van der Waals surface area (Å²) in [6.45, 7) is 6.09. The van der Waals surface area contributed by atoms with Crippen LogP contribution in [0.1, 0.15) is 16.8 Å². The molecule has 0 aliphatic carbocycles. The molecule has 140 valence electrons. The number of aryl methyl sites for hydroxylation is 3. The van der Waals surface area contributed by atoms with Gasteiger partial charge in [-0.1, -0.05) is 48.0 Å². The van der Waals surface area contributed by atoms with Gasteiger partial charge in [0.1, 0.15) is 6.54 Å². The Morgan fingerprint density at radius 3 is 2.57 bits per heavy atom. The second kappa shape index (κ2) is 7.27. The Labute approximate surface area is 164 Å². The number of benzene rings is 2. The fraction of sp³-hybridized carbons (Fsp3) is 0.174. The number of hydrogen-bond donors (Lipinski definition) is 1. The minimum absolute atomic E-state index is 0.114. The number of aromatic nitrogens is 3. The molecule has 0 bridgehead atoms. The number of hydrogen-bond acceptors (Lipinski definition) is 3. The van der Waals surface area contributed by atoms with E-state index in [9.17, 15) is 4.79 Å². The summed E-state index contributed by atoms with van der Waals surface area (Å²) in [7, 11) is 0. The molecule has 0 aliphatic rings. The highest BCUT2D eigenvalue weighted by Gasteiger charge is 2.16. The number of nitrogens with one attached hydrogen (secondary N) is 1. The Balaban J connectivity index is 1.65. The van der Waals surface area contributed by atoms with E-state index in [0.29, 0.717) is 0 Å². The van der Waals surface area contributed by atoms with Gasteiger partial charge in [-0.3, -0.25) is 4.79 Å². The van der Waals surface area contributed by atoms with Crippen molar-refractivity contribution in [2.45, 2.75) is 27.3 Å². The Bertz CT molecular complexity index is 1160. The SMILES string of the molecule is Cc1ccc(NC(=O)Cn2nc(C)c3c(-c4ccccc4)ccnc32)c(C)c1. The minimum Gasteiger partial charge on any atom is -0.324 e. The monoisotopic (exact) mass is 370 g/mol. The van der Waals surface area contributed by atoms with Crippen LogP contribution in [-0.2, 0) is 11.3 Å². The standard InChI is InChI=1S/C23H22N4O/c1-15-9-10-20(16(2)13-15)25-21(28)14-27-23-22(17(3)26-27)19(11-12-24-23)18-7-5-4-6-8-18/h4-13H,14H2,1-3H3,(H,25,28). The summed E-state index contributed by atoms with van der Waals surface area (Å²) in [6.07, 6.45) is 1.77. The molecule has 5 nitrogen and oxygen atoms in total. The summed E-state index contributed by atoms with van der Waals surface area (Å²) in [6, 6.07) is 18.1. The molecule has 28 heavy (non-hydrogen) atoms. The van der Waals surface area contributed by atoms with E-state index in [4.69, 9.17) is 0 Å². The van der Waals surface area contributed by atoms with E-state index >= 15 is 0 Å². The average Bonchev–Trinajstić information content (AvgIpc) is 3.00. The van der Waals surface area contributed by atoms with Gasteiger partial charge in [0.2, 0.25) is 5.91 Å². The molecule has 0 unspecified atom stereocenters. The van der Waals surface area contributed by atoms with Crippen molar-refractivity contribution in [3.63, 3.8) is 0 Å². The van der Waals surface area contributed by atoms with Crippen molar-refractivity contribution in [3.05, 3.63) is 77.6 Å². The quantitative estimate of drug-likeness (QED) is 0.568. The summed E-state index contributed by atoms with van der Waals surface area (Å²) in [5.41, 5.74) is 6.79. The lowest BCUT2D eigenvalue weighted by Gasteiger charge is -2.09. The lowest BCUT2D eigenvalue weighted by molar-refractivity contribution is -0.116. The van der Waals surface area contributed by atoms with Crippen LogP contribution in [0, 0.1) is 20.8 Å². The molecule has 0 fully saturated rings. The van der Waals surface area contributed by atoms with E-state index in [1.54, 1.807) is 10.9 Å². The first kappa shape index (κ1) is 17.9. The lowest BCUT2D eigenvalue weighted by Crippen LogP contribution is -2.20. The van der Waals surface area contributed by atoms with Crippen molar-refractivity contribution in [2.24, 2.45) is 0 Å². The van der Waals surface area contributed by atoms with Gasteiger partial charge in [0.15, 0.2) is 5.65 Å². The molecule has 5 heteroatoms. The normalized spacial score (nSPS) is 11.0. The summed E-state index contributed by atoms with van der Waals surface area (Å²) in [5, 5.41) is 8.55.